The molecule has 2 rings (SSSR count). The monoisotopic (exact) mass is 238 g/mol. The Morgan fingerprint density at radius 1 is 1.31 bits per heavy atom. The van der Waals surface area contributed by atoms with Crippen LogP contribution in [0.1, 0.15) is 24.8 Å². The molecule has 1 fully saturated rings. The molecule has 0 aromatic heterocycles. The molecule has 1 aromatic rings. The van der Waals surface area contributed by atoms with Gasteiger partial charge in [0.1, 0.15) is 6.17 Å². The van der Waals surface area contributed by atoms with E-state index in [1.54, 1.807) is 18.2 Å². The average molecular weight is 239 g/mol. The summed E-state index contributed by atoms with van der Waals surface area (Å²) in [5.74, 6) is 0.0591. The second kappa shape index (κ2) is 4.79. The number of alkyl halides is 1. The van der Waals surface area contributed by atoms with Crippen LogP contribution in [0.5, 0.6) is 0 Å². The van der Waals surface area contributed by atoms with Crippen LogP contribution in [0.3, 0.4) is 0 Å². The lowest BCUT2D eigenvalue weighted by Gasteiger charge is -2.16. The lowest BCUT2D eigenvalue weighted by atomic mass is 9.91. The predicted molar refractivity (Wildman–Crippen MR) is 63.2 cm³/mol. The van der Waals surface area contributed by atoms with Gasteiger partial charge in [0.15, 0.2) is 5.78 Å². The van der Waals surface area contributed by atoms with Crippen molar-refractivity contribution in [3.05, 3.63) is 40.4 Å². The van der Waals surface area contributed by atoms with E-state index in [9.17, 15) is 9.18 Å². The van der Waals surface area contributed by atoms with Gasteiger partial charge in [-0.15, -0.1) is 0 Å². The Morgan fingerprint density at radius 2 is 2.00 bits per heavy atom. The minimum absolute atomic E-state index is 0.0591. The molecule has 1 aromatic carbocycles. The van der Waals surface area contributed by atoms with Gasteiger partial charge in [-0.1, -0.05) is 23.7 Å². The molecule has 0 amide bonds. The van der Waals surface area contributed by atoms with Crippen molar-refractivity contribution in [3.63, 3.8) is 0 Å². The summed E-state index contributed by atoms with van der Waals surface area (Å²) in [5, 5.41) is 0.653. The summed E-state index contributed by atoms with van der Waals surface area (Å²) in [6.45, 7) is 0. The third-order valence-corrected chi connectivity index (χ3v) is 2.95. The molecule has 0 N–H and O–H groups in total. The molecule has 16 heavy (non-hydrogen) atoms. The molecule has 1 atom stereocenters. The van der Waals surface area contributed by atoms with Crippen LogP contribution in [0.2, 0.25) is 5.02 Å². The molecule has 0 heterocycles. The molecule has 1 aliphatic carbocycles. The van der Waals surface area contributed by atoms with Gasteiger partial charge in [-0.2, -0.15) is 0 Å². The predicted octanol–water partition coefficient (Wildman–Crippen LogP) is 3.81. The highest BCUT2D eigenvalue weighted by Gasteiger charge is 2.22. The van der Waals surface area contributed by atoms with E-state index >= 15 is 0 Å². The van der Waals surface area contributed by atoms with Crippen molar-refractivity contribution in [2.45, 2.75) is 25.4 Å². The molecule has 0 bridgehead atoms. The maximum atomic E-state index is 13.2. The first-order chi connectivity index (χ1) is 7.65. The molecule has 0 saturated heterocycles. The largest absolute Gasteiger partial charge is 0.295 e. The molecule has 1 unspecified atom stereocenters. The number of benzene rings is 1. The number of allylic oxidation sites excluding steroid dienone is 1. The number of halogens is 2. The van der Waals surface area contributed by atoms with Crippen molar-refractivity contribution in [1.82, 2.24) is 0 Å². The molecule has 3 heteroatoms. The Hall–Kier alpha value is -1.15. The Bertz CT molecular complexity index is 422. The fraction of sp³-hybridized carbons (Fsp3) is 0.308. The van der Waals surface area contributed by atoms with Gasteiger partial charge in [0.05, 0.1) is 0 Å². The van der Waals surface area contributed by atoms with E-state index in [4.69, 9.17) is 11.6 Å². The number of Topliss-reactive ketones (excluding diaryl/α,β-unsaturated/α-hetero) is 1. The SMILES string of the molecule is O=C1CCC(F)CC1=Cc1ccc(Cl)cc1. The summed E-state index contributed by atoms with van der Waals surface area (Å²) >= 11 is 5.76. The fourth-order valence-corrected chi connectivity index (χ4v) is 1.93. The number of carbonyl (C=O) groups excluding carboxylic acids is 1. The van der Waals surface area contributed by atoms with Crippen molar-refractivity contribution in [1.29, 1.82) is 0 Å². The minimum Gasteiger partial charge on any atom is -0.295 e. The molecule has 1 saturated carbocycles. The molecule has 1 nitrogen and oxygen atoms in total. The second-order valence-corrected chi connectivity index (χ2v) is 4.42. The van der Waals surface area contributed by atoms with Crippen molar-refractivity contribution in [2.24, 2.45) is 0 Å². The Labute approximate surface area is 98.9 Å². The summed E-state index contributed by atoms with van der Waals surface area (Å²) in [5.41, 5.74) is 1.47. The van der Waals surface area contributed by atoms with Crippen LogP contribution in [0.15, 0.2) is 29.8 Å². The van der Waals surface area contributed by atoms with Crippen LogP contribution >= 0.6 is 11.6 Å². The van der Waals surface area contributed by atoms with E-state index < -0.39 is 6.17 Å². The number of carbonyl (C=O) groups is 1. The average Bonchev–Trinajstić information content (AvgIpc) is 2.27. The summed E-state index contributed by atoms with van der Waals surface area (Å²) < 4.78 is 13.2. The summed E-state index contributed by atoms with van der Waals surface area (Å²) in [6.07, 6.45) is 1.79. The zero-order valence-electron chi connectivity index (χ0n) is 8.75. The van der Waals surface area contributed by atoms with E-state index in [-0.39, 0.29) is 12.2 Å². The number of hydrogen-bond donors (Lipinski definition) is 0. The van der Waals surface area contributed by atoms with Gasteiger partial charge in [0, 0.05) is 17.9 Å². The standard InChI is InChI=1S/C13H12ClFO/c14-11-3-1-9(2-4-11)7-10-8-12(15)5-6-13(10)16/h1-4,7,12H,5-6,8H2. The quantitative estimate of drug-likeness (QED) is 0.680. The maximum absolute atomic E-state index is 13.2. The molecular weight excluding hydrogens is 227 g/mol. The van der Waals surface area contributed by atoms with Gasteiger partial charge in [-0.25, -0.2) is 4.39 Å². The van der Waals surface area contributed by atoms with Gasteiger partial charge in [-0.05, 0) is 35.8 Å². The van der Waals surface area contributed by atoms with Gasteiger partial charge in [-0.3, -0.25) is 4.79 Å². The highest BCUT2D eigenvalue weighted by Crippen LogP contribution is 2.25. The highest BCUT2D eigenvalue weighted by molar-refractivity contribution is 6.30. The van der Waals surface area contributed by atoms with Crippen LogP contribution in [0, 0.1) is 0 Å². The zero-order chi connectivity index (χ0) is 11.5. The first-order valence-electron chi connectivity index (χ1n) is 5.28. The van der Waals surface area contributed by atoms with Crippen LogP contribution < -0.4 is 0 Å². The number of rotatable bonds is 1. The lowest BCUT2D eigenvalue weighted by Crippen LogP contribution is -2.17. The summed E-state index contributed by atoms with van der Waals surface area (Å²) in [4.78, 5) is 11.6. The van der Waals surface area contributed by atoms with Gasteiger partial charge < -0.3 is 0 Å². The fourth-order valence-electron chi connectivity index (χ4n) is 1.80. The van der Waals surface area contributed by atoms with Crippen LogP contribution in [-0.4, -0.2) is 12.0 Å². The Morgan fingerprint density at radius 3 is 2.69 bits per heavy atom. The minimum atomic E-state index is -0.878. The van der Waals surface area contributed by atoms with Crippen LogP contribution in [-0.2, 0) is 4.79 Å². The second-order valence-electron chi connectivity index (χ2n) is 3.98. The van der Waals surface area contributed by atoms with Crippen molar-refractivity contribution in [3.8, 4) is 0 Å². The summed E-state index contributed by atoms with van der Waals surface area (Å²) in [6, 6.07) is 7.16. The van der Waals surface area contributed by atoms with Crippen molar-refractivity contribution in [2.75, 3.05) is 0 Å². The van der Waals surface area contributed by atoms with E-state index in [0.29, 0.717) is 23.4 Å². The van der Waals surface area contributed by atoms with E-state index in [0.717, 1.165) is 5.56 Å². The zero-order valence-corrected chi connectivity index (χ0v) is 9.51. The Balaban J connectivity index is 2.22. The molecule has 0 spiro atoms. The van der Waals surface area contributed by atoms with Crippen LogP contribution in [0.25, 0.3) is 6.08 Å². The number of ketones is 1. The van der Waals surface area contributed by atoms with Gasteiger partial charge in [0.2, 0.25) is 0 Å². The lowest BCUT2D eigenvalue weighted by molar-refractivity contribution is -0.117. The smallest absolute Gasteiger partial charge is 0.159 e. The third kappa shape index (κ3) is 2.70. The topological polar surface area (TPSA) is 17.1 Å². The van der Waals surface area contributed by atoms with Gasteiger partial charge >= 0.3 is 0 Å². The van der Waals surface area contributed by atoms with E-state index in [2.05, 4.69) is 0 Å². The van der Waals surface area contributed by atoms with Crippen molar-refractivity contribution < 1.29 is 9.18 Å². The summed E-state index contributed by atoms with van der Waals surface area (Å²) in [7, 11) is 0. The normalized spacial score (nSPS) is 23.8. The third-order valence-electron chi connectivity index (χ3n) is 2.70. The van der Waals surface area contributed by atoms with E-state index in [1.807, 2.05) is 12.1 Å². The first-order valence-corrected chi connectivity index (χ1v) is 5.66. The van der Waals surface area contributed by atoms with Gasteiger partial charge in [0.25, 0.3) is 0 Å². The van der Waals surface area contributed by atoms with Crippen molar-refractivity contribution >= 4 is 23.5 Å². The van der Waals surface area contributed by atoms with Crippen LogP contribution in [0.4, 0.5) is 4.39 Å². The highest BCUT2D eigenvalue weighted by atomic mass is 35.5. The molecule has 0 radical (unpaired) electrons. The number of hydrogen-bond acceptors (Lipinski definition) is 1. The molecule has 0 aliphatic heterocycles. The molecular formula is C13H12ClFO. The Kier molecular flexibility index (Phi) is 3.39. The van der Waals surface area contributed by atoms with E-state index in [1.165, 1.54) is 0 Å². The molecule has 1 aliphatic rings. The maximum Gasteiger partial charge on any atom is 0.159 e. The molecule has 84 valence electrons. The first kappa shape index (κ1) is 11.3.